The molecule has 0 aliphatic carbocycles. The van der Waals surface area contributed by atoms with Crippen LogP contribution in [0.4, 0.5) is 0 Å². The van der Waals surface area contributed by atoms with Crippen molar-refractivity contribution in [1.29, 1.82) is 0 Å². The molecule has 1 amide bonds. The van der Waals surface area contributed by atoms with Gasteiger partial charge in [0.25, 0.3) is 0 Å². The summed E-state index contributed by atoms with van der Waals surface area (Å²) in [5.41, 5.74) is 0. The standard InChI is InChI=1S/C52H101NO4/c1-3-5-7-9-11-13-15-17-19-21-22-23-24-25-26-27-28-29-31-33-35-37-39-41-43-45-47-51(56)52(57)53-49(48-54)50(55)46-44-42-40-38-36-34-32-30-20-18-16-14-12-10-8-6-4-2/h36,38,44,46,49-51,54-56H,3-35,37,39-43,45,47-48H2,1-2H3,(H,53,57)/b38-36+,46-44+. The molecule has 5 nitrogen and oxygen atoms in total. The Bertz CT molecular complexity index is 844. The van der Waals surface area contributed by atoms with E-state index in [9.17, 15) is 20.1 Å². The summed E-state index contributed by atoms with van der Waals surface area (Å²) in [4.78, 5) is 12.5. The number of aliphatic hydroxyl groups excluding tert-OH is 3. The topological polar surface area (TPSA) is 89.8 Å². The van der Waals surface area contributed by atoms with E-state index in [1.54, 1.807) is 6.08 Å². The number of allylic oxidation sites excluding steroid dienone is 3. The average Bonchev–Trinajstić information content (AvgIpc) is 3.22. The maximum atomic E-state index is 12.5. The predicted molar refractivity (Wildman–Crippen MR) is 250 cm³/mol. The Balaban J connectivity index is 3.58. The number of carbonyl (C=O) groups is 1. The van der Waals surface area contributed by atoms with Gasteiger partial charge in [-0.1, -0.05) is 269 Å². The maximum Gasteiger partial charge on any atom is 0.249 e. The monoisotopic (exact) mass is 804 g/mol. The Morgan fingerprint density at radius 2 is 0.719 bits per heavy atom. The molecule has 0 aliphatic heterocycles. The van der Waals surface area contributed by atoms with Crippen LogP contribution in [0.25, 0.3) is 0 Å². The molecule has 0 heterocycles. The molecule has 4 N–H and O–H groups in total. The van der Waals surface area contributed by atoms with Crippen molar-refractivity contribution in [2.24, 2.45) is 0 Å². The van der Waals surface area contributed by atoms with Crippen LogP contribution in [0.5, 0.6) is 0 Å². The molecule has 0 aliphatic rings. The lowest BCUT2D eigenvalue weighted by Crippen LogP contribution is -2.48. The highest BCUT2D eigenvalue weighted by atomic mass is 16.3. The number of hydrogen-bond acceptors (Lipinski definition) is 4. The fourth-order valence-corrected chi connectivity index (χ4v) is 8.03. The Labute approximate surface area is 356 Å². The zero-order valence-corrected chi connectivity index (χ0v) is 38.5. The highest BCUT2D eigenvalue weighted by Gasteiger charge is 2.22. The predicted octanol–water partition coefficient (Wildman–Crippen LogP) is 15.3. The molecule has 57 heavy (non-hydrogen) atoms. The van der Waals surface area contributed by atoms with Gasteiger partial charge in [0, 0.05) is 0 Å². The van der Waals surface area contributed by atoms with Gasteiger partial charge in [-0.15, -0.1) is 0 Å². The van der Waals surface area contributed by atoms with Crippen molar-refractivity contribution in [3.63, 3.8) is 0 Å². The number of amides is 1. The molecule has 0 saturated heterocycles. The minimum absolute atomic E-state index is 0.373. The van der Waals surface area contributed by atoms with Crippen LogP contribution < -0.4 is 5.32 Å². The molecule has 0 radical (unpaired) electrons. The molecule has 0 saturated carbocycles. The zero-order chi connectivity index (χ0) is 41.5. The van der Waals surface area contributed by atoms with Crippen LogP contribution >= 0.6 is 0 Å². The van der Waals surface area contributed by atoms with Crippen molar-refractivity contribution >= 4 is 5.91 Å². The first-order valence-corrected chi connectivity index (χ1v) is 25.7. The molecule has 0 fully saturated rings. The Kier molecular flexibility index (Phi) is 46.5. The molecular formula is C52H101NO4. The number of hydrogen-bond donors (Lipinski definition) is 4. The number of aliphatic hydroxyl groups is 3. The highest BCUT2D eigenvalue weighted by molar-refractivity contribution is 5.80. The highest BCUT2D eigenvalue weighted by Crippen LogP contribution is 2.17. The van der Waals surface area contributed by atoms with Gasteiger partial charge in [0.15, 0.2) is 0 Å². The summed E-state index contributed by atoms with van der Waals surface area (Å²) in [7, 11) is 0. The average molecular weight is 804 g/mol. The Morgan fingerprint density at radius 1 is 0.421 bits per heavy atom. The van der Waals surface area contributed by atoms with E-state index in [4.69, 9.17) is 0 Å². The number of carbonyl (C=O) groups excluding carboxylic acids is 1. The van der Waals surface area contributed by atoms with E-state index in [0.29, 0.717) is 6.42 Å². The fourth-order valence-electron chi connectivity index (χ4n) is 8.03. The molecule has 338 valence electrons. The molecule has 0 aromatic rings. The molecule has 3 atom stereocenters. The first-order valence-electron chi connectivity index (χ1n) is 25.7. The fraction of sp³-hybridized carbons (Fsp3) is 0.904. The van der Waals surface area contributed by atoms with Crippen LogP contribution in [-0.4, -0.2) is 46.1 Å². The van der Waals surface area contributed by atoms with E-state index < -0.39 is 24.2 Å². The molecule has 0 rings (SSSR count). The summed E-state index contributed by atoms with van der Waals surface area (Å²) in [5, 5.41) is 33.2. The SMILES string of the molecule is CCCCCCCCCCCCC/C=C/CC/C=C/C(O)C(CO)NC(=O)C(O)CCCCCCCCCCCCCCCCCCCCCCCCCCCC. The van der Waals surface area contributed by atoms with Crippen LogP contribution in [0, 0.1) is 0 Å². The van der Waals surface area contributed by atoms with Crippen LogP contribution in [0.1, 0.15) is 277 Å². The van der Waals surface area contributed by atoms with E-state index in [0.717, 1.165) is 38.5 Å². The summed E-state index contributed by atoms with van der Waals surface area (Å²) in [6.07, 6.45) is 59.6. The summed E-state index contributed by atoms with van der Waals surface area (Å²) in [6.45, 7) is 4.19. The van der Waals surface area contributed by atoms with Crippen molar-refractivity contribution in [3.8, 4) is 0 Å². The first-order chi connectivity index (χ1) is 28.1. The molecule has 0 bridgehead atoms. The van der Waals surface area contributed by atoms with Gasteiger partial charge in [-0.2, -0.15) is 0 Å². The number of rotatable bonds is 47. The summed E-state index contributed by atoms with van der Waals surface area (Å²) >= 11 is 0. The minimum atomic E-state index is -1.10. The zero-order valence-electron chi connectivity index (χ0n) is 38.5. The second kappa shape index (κ2) is 47.5. The van der Waals surface area contributed by atoms with Gasteiger partial charge in [-0.05, 0) is 32.1 Å². The van der Waals surface area contributed by atoms with Gasteiger partial charge >= 0.3 is 0 Å². The van der Waals surface area contributed by atoms with E-state index >= 15 is 0 Å². The van der Waals surface area contributed by atoms with E-state index in [-0.39, 0.29) is 6.61 Å². The minimum Gasteiger partial charge on any atom is -0.394 e. The quantitative estimate of drug-likeness (QED) is 0.0364. The van der Waals surface area contributed by atoms with Crippen LogP contribution in [0.3, 0.4) is 0 Å². The summed E-state index contributed by atoms with van der Waals surface area (Å²) in [6, 6.07) is -0.811. The lowest BCUT2D eigenvalue weighted by Gasteiger charge is -2.21. The van der Waals surface area contributed by atoms with Crippen LogP contribution in [0.15, 0.2) is 24.3 Å². The molecule has 0 aromatic carbocycles. The Hall–Kier alpha value is -1.17. The van der Waals surface area contributed by atoms with Crippen molar-refractivity contribution < 1.29 is 20.1 Å². The van der Waals surface area contributed by atoms with Gasteiger partial charge in [0.05, 0.1) is 18.8 Å². The van der Waals surface area contributed by atoms with Gasteiger partial charge in [0.1, 0.15) is 6.10 Å². The lowest BCUT2D eigenvalue weighted by molar-refractivity contribution is -0.131. The van der Waals surface area contributed by atoms with Crippen LogP contribution in [-0.2, 0) is 4.79 Å². The second-order valence-electron chi connectivity index (χ2n) is 17.7. The van der Waals surface area contributed by atoms with Crippen molar-refractivity contribution in [1.82, 2.24) is 5.32 Å². The van der Waals surface area contributed by atoms with E-state index in [1.165, 1.54) is 218 Å². The normalized spacial score (nSPS) is 13.6. The largest absolute Gasteiger partial charge is 0.394 e. The van der Waals surface area contributed by atoms with Crippen molar-refractivity contribution in [2.75, 3.05) is 6.61 Å². The van der Waals surface area contributed by atoms with Crippen molar-refractivity contribution in [3.05, 3.63) is 24.3 Å². The van der Waals surface area contributed by atoms with E-state index in [2.05, 4.69) is 31.3 Å². The third-order valence-electron chi connectivity index (χ3n) is 12.0. The molecule has 5 heteroatoms. The first kappa shape index (κ1) is 55.8. The third-order valence-corrected chi connectivity index (χ3v) is 12.0. The molecule has 0 aromatic heterocycles. The second-order valence-corrected chi connectivity index (χ2v) is 17.7. The number of nitrogens with one attached hydrogen (secondary N) is 1. The van der Waals surface area contributed by atoms with E-state index in [1.807, 2.05) is 6.08 Å². The maximum absolute atomic E-state index is 12.5. The smallest absolute Gasteiger partial charge is 0.249 e. The van der Waals surface area contributed by atoms with Crippen LogP contribution in [0.2, 0.25) is 0 Å². The van der Waals surface area contributed by atoms with Crippen molar-refractivity contribution in [2.45, 2.75) is 295 Å². The Morgan fingerprint density at radius 3 is 1.07 bits per heavy atom. The van der Waals surface area contributed by atoms with Gasteiger partial charge in [-0.3, -0.25) is 4.79 Å². The number of unbranched alkanes of at least 4 members (excludes halogenated alkanes) is 37. The summed E-state index contributed by atoms with van der Waals surface area (Å²) in [5.74, 6) is -0.508. The molecule has 3 unspecified atom stereocenters. The van der Waals surface area contributed by atoms with Gasteiger partial charge < -0.3 is 20.6 Å². The summed E-state index contributed by atoms with van der Waals surface area (Å²) < 4.78 is 0. The van der Waals surface area contributed by atoms with Gasteiger partial charge in [-0.25, -0.2) is 0 Å². The molecule has 0 spiro atoms. The third kappa shape index (κ3) is 42.8. The lowest BCUT2D eigenvalue weighted by atomic mass is 10.0. The molecular weight excluding hydrogens is 703 g/mol. The van der Waals surface area contributed by atoms with Gasteiger partial charge in [0.2, 0.25) is 5.91 Å².